The Balaban J connectivity index is 1.72. The van der Waals surface area contributed by atoms with Gasteiger partial charge in [0, 0.05) is 0 Å². The third-order valence-corrected chi connectivity index (χ3v) is 6.73. The van der Waals surface area contributed by atoms with E-state index in [1.807, 2.05) is 0 Å². The van der Waals surface area contributed by atoms with Crippen LogP contribution in [0.4, 0.5) is 13.2 Å². The van der Waals surface area contributed by atoms with Crippen LogP contribution in [0.15, 0.2) is 53.4 Å². The molecule has 0 unspecified atom stereocenters. The van der Waals surface area contributed by atoms with E-state index in [2.05, 4.69) is 4.74 Å². The molecule has 13 heteroatoms. The lowest BCUT2D eigenvalue weighted by atomic mass is 9.96. The molecule has 1 aliphatic rings. The van der Waals surface area contributed by atoms with Crippen molar-refractivity contribution in [3.63, 3.8) is 0 Å². The van der Waals surface area contributed by atoms with Crippen LogP contribution in [-0.4, -0.2) is 55.6 Å². The Bertz CT molecular complexity index is 1130. The normalized spacial score (nSPS) is 19.9. The summed E-state index contributed by atoms with van der Waals surface area (Å²) >= 11 is 0. The number of alkyl halides is 3. The van der Waals surface area contributed by atoms with Gasteiger partial charge in [-0.05, 0) is 62.4 Å². The van der Waals surface area contributed by atoms with Crippen LogP contribution < -0.4 is 15.2 Å². The Hall–Kier alpha value is -2.87. The number of carbonyl (C=O) groups is 1. The highest BCUT2D eigenvalue weighted by atomic mass is 32.2. The molecule has 3 rings (SSSR count). The highest BCUT2D eigenvalue weighted by molar-refractivity contribution is 7.91. The summed E-state index contributed by atoms with van der Waals surface area (Å²) in [5, 5.41) is 9.65. The Morgan fingerprint density at radius 3 is 2.03 bits per heavy atom. The van der Waals surface area contributed by atoms with Crippen molar-refractivity contribution >= 4 is 15.8 Å². The lowest BCUT2D eigenvalue weighted by Gasteiger charge is -2.30. The Labute approximate surface area is 193 Å². The Morgan fingerprint density at radius 1 is 1.09 bits per heavy atom. The van der Waals surface area contributed by atoms with Crippen LogP contribution in [0.1, 0.15) is 13.8 Å². The number of hydrogen-bond donors (Lipinski definition) is 2. The molecule has 34 heavy (non-hydrogen) atoms. The number of hydrogen-bond acceptors (Lipinski definition) is 8. The van der Waals surface area contributed by atoms with Gasteiger partial charge in [0.2, 0.25) is 0 Å². The van der Waals surface area contributed by atoms with Gasteiger partial charge in [0.1, 0.15) is 23.4 Å². The third-order valence-electron chi connectivity index (χ3n) is 4.89. The first-order valence-corrected chi connectivity index (χ1v) is 11.5. The monoisotopic (exact) mass is 505 g/mol. The number of carboxylic acid groups (broad SMARTS) is 1. The fraction of sp³-hybridized carbons (Fsp3) is 0.381. The summed E-state index contributed by atoms with van der Waals surface area (Å²) in [5.74, 6) is -3.66. The molecule has 2 aromatic carbocycles. The topological polar surface area (TPSA) is 134 Å². The van der Waals surface area contributed by atoms with E-state index >= 15 is 0 Å². The first-order chi connectivity index (χ1) is 15.6. The second-order valence-electron chi connectivity index (χ2n) is 8.01. The summed E-state index contributed by atoms with van der Waals surface area (Å²) in [5.41, 5.74) is 3.72. The Kier molecular flexibility index (Phi) is 6.86. The predicted molar refractivity (Wildman–Crippen MR) is 111 cm³/mol. The van der Waals surface area contributed by atoms with Crippen molar-refractivity contribution < 1.29 is 50.4 Å². The molecule has 0 spiro atoms. The molecule has 0 aromatic heterocycles. The second kappa shape index (κ2) is 9.06. The quantitative estimate of drug-likeness (QED) is 0.555. The van der Waals surface area contributed by atoms with Gasteiger partial charge >= 0.3 is 12.3 Å². The van der Waals surface area contributed by atoms with Crippen LogP contribution in [0.25, 0.3) is 0 Å². The van der Waals surface area contributed by atoms with Gasteiger partial charge in [-0.3, -0.25) is 4.79 Å². The van der Waals surface area contributed by atoms with Crippen molar-refractivity contribution in [3.8, 4) is 17.2 Å². The number of halogens is 3. The minimum absolute atomic E-state index is 0.179. The lowest BCUT2D eigenvalue weighted by molar-refractivity contribution is -0.274. The lowest BCUT2D eigenvalue weighted by Crippen LogP contribution is -2.62. The zero-order valence-electron chi connectivity index (χ0n) is 18.0. The summed E-state index contributed by atoms with van der Waals surface area (Å²) in [6.45, 7) is 2.92. The summed E-state index contributed by atoms with van der Waals surface area (Å²) < 4.78 is 82.6. The number of rotatable bonds is 8. The van der Waals surface area contributed by atoms with Crippen LogP contribution in [0.3, 0.4) is 0 Å². The molecule has 2 aromatic rings. The van der Waals surface area contributed by atoms with Crippen molar-refractivity contribution in [3.05, 3.63) is 48.5 Å². The highest BCUT2D eigenvalue weighted by Crippen LogP contribution is 2.31. The third kappa shape index (κ3) is 6.17. The molecule has 0 saturated carbocycles. The standard InChI is InChI=1S/C21H22F3NO8S/c1-19(2)30-11-17(33-19)20(25,18(26)27)12-34(28,29)16-9-7-14(8-10-16)31-13-3-5-15(6-4-13)32-21(22,23)24/h3-10,17H,11-12,25H2,1-2H3,(H,26,27)/t17-,20+/m1/s1. The zero-order valence-corrected chi connectivity index (χ0v) is 18.9. The molecule has 9 nitrogen and oxygen atoms in total. The number of ether oxygens (including phenoxy) is 4. The zero-order chi connectivity index (χ0) is 25.4. The summed E-state index contributed by atoms with van der Waals surface area (Å²) in [6.07, 6.45) is -6.01. The fourth-order valence-electron chi connectivity index (χ4n) is 3.19. The molecule has 1 aliphatic heterocycles. The van der Waals surface area contributed by atoms with E-state index < -0.39 is 51.1 Å². The molecule has 0 aliphatic carbocycles. The molecule has 0 radical (unpaired) electrons. The predicted octanol–water partition coefficient (Wildman–Crippen LogP) is 3.08. The summed E-state index contributed by atoms with van der Waals surface area (Å²) in [7, 11) is -4.17. The molecule has 0 amide bonds. The van der Waals surface area contributed by atoms with Gasteiger partial charge in [0.05, 0.1) is 17.3 Å². The highest BCUT2D eigenvalue weighted by Gasteiger charge is 2.52. The van der Waals surface area contributed by atoms with Crippen LogP contribution in [0, 0.1) is 0 Å². The van der Waals surface area contributed by atoms with E-state index in [0.717, 1.165) is 12.1 Å². The van der Waals surface area contributed by atoms with Crippen LogP contribution in [-0.2, 0) is 24.1 Å². The molecule has 1 heterocycles. The smallest absolute Gasteiger partial charge is 0.480 e. The van der Waals surface area contributed by atoms with E-state index in [1.54, 1.807) is 13.8 Å². The van der Waals surface area contributed by atoms with Gasteiger partial charge in [-0.15, -0.1) is 13.2 Å². The van der Waals surface area contributed by atoms with E-state index in [0.29, 0.717) is 0 Å². The average Bonchev–Trinajstić information content (AvgIpc) is 3.09. The van der Waals surface area contributed by atoms with E-state index in [9.17, 15) is 31.5 Å². The van der Waals surface area contributed by atoms with Crippen molar-refractivity contribution in [1.29, 1.82) is 0 Å². The van der Waals surface area contributed by atoms with Crippen LogP contribution >= 0.6 is 0 Å². The number of aliphatic carboxylic acids is 1. The molecule has 1 saturated heterocycles. The number of nitrogens with two attached hydrogens (primary N) is 1. The van der Waals surface area contributed by atoms with Gasteiger partial charge in [0.25, 0.3) is 0 Å². The van der Waals surface area contributed by atoms with E-state index in [4.69, 9.17) is 19.9 Å². The fourth-order valence-corrected chi connectivity index (χ4v) is 4.85. The van der Waals surface area contributed by atoms with Crippen LogP contribution in [0.2, 0.25) is 0 Å². The summed E-state index contributed by atoms with van der Waals surface area (Å²) in [4.78, 5) is 11.7. The maximum atomic E-state index is 12.9. The van der Waals surface area contributed by atoms with Gasteiger partial charge in [-0.2, -0.15) is 0 Å². The summed E-state index contributed by atoms with van der Waals surface area (Å²) in [6, 6.07) is 9.62. The van der Waals surface area contributed by atoms with E-state index in [1.165, 1.54) is 36.4 Å². The number of carboxylic acids is 1. The molecule has 186 valence electrons. The minimum atomic E-state index is -4.82. The van der Waals surface area contributed by atoms with Crippen molar-refractivity contribution in [1.82, 2.24) is 0 Å². The van der Waals surface area contributed by atoms with E-state index in [-0.39, 0.29) is 23.0 Å². The molecule has 3 N–H and O–H groups in total. The molecular formula is C21H22F3NO8S. The second-order valence-corrected chi connectivity index (χ2v) is 10.0. The van der Waals surface area contributed by atoms with Gasteiger partial charge < -0.3 is 29.8 Å². The van der Waals surface area contributed by atoms with Crippen LogP contribution in [0.5, 0.6) is 17.2 Å². The average molecular weight is 505 g/mol. The van der Waals surface area contributed by atoms with Gasteiger partial charge in [0.15, 0.2) is 21.2 Å². The first kappa shape index (κ1) is 25.7. The maximum Gasteiger partial charge on any atom is 0.573 e. The van der Waals surface area contributed by atoms with Gasteiger partial charge in [-0.1, -0.05) is 0 Å². The van der Waals surface area contributed by atoms with Crippen molar-refractivity contribution in [2.45, 2.75) is 42.5 Å². The van der Waals surface area contributed by atoms with Crippen molar-refractivity contribution in [2.75, 3.05) is 12.4 Å². The van der Waals surface area contributed by atoms with Crippen molar-refractivity contribution in [2.24, 2.45) is 5.73 Å². The minimum Gasteiger partial charge on any atom is -0.480 e. The molecule has 1 fully saturated rings. The molecule has 0 bridgehead atoms. The molecular weight excluding hydrogens is 483 g/mol. The Morgan fingerprint density at radius 2 is 1.59 bits per heavy atom. The largest absolute Gasteiger partial charge is 0.573 e. The number of benzene rings is 2. The SMILES string of the molecule is CC1(C)OC[C@H]([C@@](N)(CS(=O)(=O)c2ccc(Oc3ccc(OC(F)(F)F)cc3)cc2)C(=O)O)O1. The first-order valence-electron chi connectivity index (χ1n) is 9.80. The maximum absolute atomic E-state index is 12.9. The van der Waals surface area contributed by atoms with Gasteiger partial charge in [-0.25, -0.2) is 8.42 Å². The molecule has 2 atom stereocenters. The number of sulfone groups is 1.